The van der Waals surface area contributed by atoms with Crippen LogP contribution in [0.25, 0.3) is 10.9 Å². The summed E-state index contributed by atoms with van der Waals surface area (Å²) in [5, 5.41) is 10.3. The highest BCUT2D eigenvalue weighted by Gasteiger charge is 2.12. The molecular weight excluding hydrogens is 238 g/mol. The average Bonchev–Trinajstić information content (AvgIpc) is 2.37. The third-order valence-electron chi connectivity index (χ3n) is 2.59. The van der Waals surface area contributed by atoms with Gasteiger partial charge in [0.2, 0.25) is 0 Å². The Morgan fingerprint density at radius 1 is 1.35 bits per heavy atom. The number of ketones is 1. The number of pyridine rings is 1. The maximum atomic E-state index is 12.0. The van der Waals surface area contributed by atoms with Gasteiger partial charge in [-0.15, -0.1) is 11.6 Å². The summed E-state index contributed by atoms with van der Waals surface area (Å²) in [4.78, 5) is 16.0. The van der Waals surface area contributed by atoms with Crippen LogP contribution in [0, 0.1) is 0 Å². The first-order valence-corrected chi connectivity index (χ1v) is 5.93. The lowest BCUT2D eigenvalue weighted by molar-refractivity contribution is 0.0983. The average molecular weight is 250 g/mol. The van der Waals surface area contributed by atoms with E-state index < -0.39 is 0 Å². The van der Waals surface area contributed by atoms with E-state index in [2.05, 4.69) is 4.98 Å². The molecule has 0 fully saturated rings. The predicted molar refractivity (Wildman–Crippen MR) is 67.7 cm³/mol. The Morgan fingerprint density at radius 2 is 2.18 bits per heavy atom. The van der Waals surface area contributed by atoms with E-state index in [9.17, 15) is 9.90 Å². The molecule has 2 aromatic rings. The van der Waals surface area contributed by atoms with E-state index in [1.165, 1.54) is 6.07 Å². The molecule has 4 heteroatoms. The Bertz CT molecular complexity index is 554. The summed E-state index contributed by atoms with van der Waals surface area (Å²) in [6, 6.07) is 6.68. The number of alkyl halides is 1. The summed E-state index contributed by atoms with van der Waals surface area (Å²) in [5.41, 5.74) is 1.06. The lowest BCUT2D eigenvalue weighted by Crippen LogP contribution is -2.00. The van der Waals surface area contributed by atoms with Crippen molar-refractivity contribution in [1.29, 1.82) is 0 Å². The van der Waals surface area contributed by atoms with Crippen LogP contribution in [0.4, 0.5) is 0 Å². The van der Waals surface area contributed by atoms with Gasteiger partial charge in [0.15, 0.2) is 5.78 Å². The molecule has 0 unspecified atom stereocenters. The lowest BCUT2D eigenvalue weighted by atomic mass is 10.0. The molecule has 0 bridgehead atoms. The van der Waals surface area contributed by atoms with Gasteiger partial charge in [0.1, 0.15) is 11.3 Å². The van der Waals surface area contributed by atoms with Crippen molar-refractivity contribution in [2.75, 3.05) is 5.88 Å². The Balaban J connectivity index is 2.48. The van der Waals surface area contributed by atoms with Crippen molar-refractivity contribution in [2.24, 2.45) is 0 Å². The molecule has 17 heavy (non-hydrogen) atoms. The van der Waals surface area contributed by atoms with Crippen LogP contribution in [0.1, 0.15) is 23.2 Å². The molecule has 0 saturated carbocycles. The standard InChI is InChI=1S/C13H12ClNO2/c14-7-1-4-11(16)9-5-6-12(17)13-10(9)3-2-8-15-13/h2-3,5-6,8,17H,1,4,7H2. The van der Waals surface area contributed by atoms with Crippen molar-refractivity contribution < 1.29 is 9.90 Å². The quantitative estimate of drug-likeness (QED) is 0.669. The van der Waals surface area contributed by atoms with Gasteiger partial charge >= 0.3 is 0 Å². The molecule has 0 aliphatic carbocycles. The molecule has 0 radical (unpaired) electrons. The molecule has 0 atom stereocenters. The van der Waals surface area contributed by atoms with Gasteiger partial charge in [0, 0.05) is 29.4 Å². The van der Waals surface area contributed by atoms with Gasteiger partial charge in [-0.1, -0.05) is 6.07 Å². The minimum absolute atomic E-state index is 0.0312. The predicted octanol–water partition coefficient (Wildman–Crippen LogP) is 3.14. The van der Waals surface area contributed by atoms with Gasteiger partial charge in [0.05, 0.1) is 0 Å². The first-order chi connectivity index (χ1) is 8.24. The zero-order valence-electron chi connectivity index (χ0n) is 9.19. The normalized spacial score (nSPS) is 10.6. The van der Waals surface area contributed by atoms with E-state index in [0.29, 0.717) is 35.2 Å². The zero-order valence-corrected chi connectivity index (χ0v) is 9.94. The zero-order chi connectivity index (χ0) is 12.3. The highest BCUT2D eigenvalue weighted by Crippen LogP contribution is 2.26. The van der Waals surface area contributed by atoms with Crippen molar-refractivity contribution in [3.05, 3.63) is 36.0 Å². The molecule has 0 amide bonds. The summed E-state index contributed by atoms with van der Waals surface area (Å²) in [6.07, 6.45) is 2.66. The van der Waals surface area contributed by atoms with Crippen LogP contribution in [-0.4, -0.2) is 21.8 Å². The number of benzene rings is 1. The number of nitrogens with zero attached hydrogens (tertiary/aromatic N) is 1. The maximum absolute atomic E-state index is 12.0. The third kappa shape index (κ3) is 2.39. The van der Waals surface area contributed by atoms with Crippen molar-refractivity contribution in [1.82, 2.24) is 4.98 Å². The summed E-state index contributed by atoms with van der Waals surface area (Å²) in [6.45, 7) is 0. The van der Waals surface area contributed by atoms with Crippen LogP contribution in [0.3, 0.4) is 0 Å². The van der Waals surface area contributed by atoms with Crippen molar-refractivity contribution in [3.8, 4) is 5.75 Å². The number of Topliss-reactive ketones (excluding diaryl/α,β-unsaturated/α-hetero) is 1. The Kier molecular flexibility index (Phi) is 3.59. The van der Waals surface area contributed by atoms with Gasteiger partial charge in [-0.05, 0) is 24.6 Å². The number of phenolic OH excluding ortho intramolecular Hbond substituents is 1. The number of hydrogen-bond acceptors (Lipinski definition) is 3. The number of fused-ring (bicyclic) bond motifs is 1. The van der Waals surface area contributed by atoms with E-state index in [0.717, 1.165) is 0 Å². The Morgan fingerprint density at radius 3 is 2.94 bits per heavy atom. The number of halogens is 1. The SMILES string of the molecule is O=C(CCCCl)c1ccc(O)c2ncccc12. The minimum Gasteiger partial charge on any atom is -0.506 e. The topological polar surface area (TPSA) is 50.2 Å². The van der Waals surface area contributed by atoms with E-state index in [1.54, 1.807) is 24.4 Å². The number of aromatic hydroxyl groups is 1. The molecule has 88 valence electrons. The Hall–Kier alpha value is -1.61. The third-order valence-corrected chi connectivity index (χ3v) is 2.85. The molecule has 0 aliphatic heterocycles. The molecule has 1 aromatic heterocycles. The van der Waals surface area contributed by atoms with Crippen LogP contribution < -0.4 is 0 Å². The fourth-order valence-corrected chi connectivity index (χ4v) is 1.90. The second-order valence-electron chi connectivity index (χ2n) is 3.75. The summed E-state index contributed by atoms with van der Waals surface area (Å²) < 4.78 is 0. The lowest BCUT2D eigenvalue weighted by Gasteiger charge is -2.06. The van der Waals surface area contributed by atoms with Crippen molar-refractivity contribution >= 4 is 28.3 Å². The monoisotopic (exact) mass is 249 g/mol. The fourth-order valence-electron chi connectivity index (χ4n) is 1.76. The van der Waals surface area contributed by atoms with Crippen LogP contribution >= 0.6 is 11.6 Å². The van der Waals surface area contributed by atoms with Crippen LogP contribution in [0.5, 0.6) is 5.75 Å². The molecule has 1 aromatic carbocycles. The minimum atomic E-state index is 0.0312. The second-order valence-corrected chi connectivity index (χ2v) is 4.13. The summed E-state index contributed by atoms with van der Waals surface area (Å²) >= 11 is 5.57. The molecule has 1 N–H and O–H groups in total. The highest BCUT2D eigenvalue weighted by atomic mass is 35.5. The van der Waals surface area contributed by atoms with Crippen molar-refractivity contribution in [2.45, 2.75) is 12.8 Å². The molecule has 0 saturated heterocycles. The molecule has 0 spiro atoms. The number of aromatic nitrogens is 1. The molecule has 3 nitrogen and oxygen atoms in total. The smallest absolute Gasteiger partial charge is 0.163 e. The van der Waals surface area contributed by atoms with E-state index in [1.807, 2.05) is 0 Å². The molecule has 2 rings (SSSR count). The summed E-state index contributed by atoms with van der Waals surface area (Å²) in [7, 11) is 0. The first kappa shape index (κ1) is 11.9. The first-order valence-electron chi connectivity index (χ1n) is 5.40. The molecule has 0 aliphatic rings. The Labute approximate surface area is 104 Å². The molecule has 1 heterocycles. The maximum Gasteiger partial charge on any atom is 0.163 e. The van der Waals surface area contributed by atoms with Gasteiger partial charge in [-0.3, -0.25) is 9.78 Å². The fraction of sp³-hybridized carbons (Fsp3) is 0.231. The van der Waals surface area contributed by atoms with Gasteiger partial charge in [-0.25, -0.2) is 0 Å². The van der Waals surface area contributed by atoms with Crippen molar-refractivity contribution in [3.63, 3.8) is 0 Å². The summed E-state index contributed by atoms with van der Waals surface area (Å²) in [5.74, 6) is 0.596. The van der Waals surface area contributed by atoms with Gasteiger partial charge < -0.3 is 5.11 Å². The van der Waals surface area contributed by atoms with E-state index in [4.69, 9.17) is 11.6 Å². The largest absolute Gasteiger partial charge is 0.506 e. The van der Waals surface area contributed by atoms with Crippen LogP contribution in [-0.2, 0) is 0 Å². The number of phenols is 1. The highest BCUT2D eigenvalue weighted by molar-refractivity contribution is 6.18. The van der Waals surface area contributed by atoms with Gasteiger partial charge in [0.25, 0.3) is 0 Å². The van der Waals surface area contributed by atoms with Gasteiger partial charge in [-0.2, -0.15) is 0 Å². The van der Waals surface area contributed by atoms with Crippen LogP contribution in [0.15, 0.2) is 30.5 Å². The number of carbonyl (C=O) groups excluding carboxylic acids is 1. The second kappa shape index (κ2) is 5.15. The van der Waals surface area contributed by atoms with E-state index in [-0.39, 0.29) is 11.5 Å². The number of rotatable bonds is 4. The van der Waals surface area contributed by atoms with E-state index >= 15 is 0 Å². The number of hydrogen-bond donors (Lipinski definition) is 1. The van der Waals surface area contributed by atoms with Crippen LogP contribution in [0.2, 0.25) is 0 Å². The molecular formula is C13H12ClNO2. The number of carbonyl (C=O) groups is 1.